The van der Waals surface area contributed by atoms with Crippen LogP contribution in [0.2, 0.25) is 0 Å². The van der Waals surface area contributed by atoms with Crippen LogP contribution in [0, 0.1) is 11.6 Å². The summed E-state index contributed by atoms with van der Waals surface area (Å²) in [5.41, 5.74) is 1.29. The quantitative estimate of drug-likeness (QED) is 0.750. The van der Waals surface area contributed by atoms with Crippen molar-refractivity contribution >= 4 is 17.6 Å². The van der Waals surface area contributed by atoms with E-state index < -0.39 is 23.1 Å². The van der Waals surface area contributed by atoms with Gasteiger partial charge in [0.05, 0.1) is 0 Å². The summed E-state index contributed by atoms with van der Waals surface area (Å²) in [5.74, 6) is -1.95. The lowest BCUT2D eigenvalue weighted by molar-refractivity contribution is 0.0956. The summed E-state index contributed by atoms with van der Waals surface area (Å²) in [7, 11) is 0. The Kier molecular flexibility index (Phi) is 5.12. The lowest BCUT2D eigenvalue weighted by Gasteiger charge is -2.14. The fourth-order valence-electron chi connectivity index (χ4n) is 3.04. The predicted molar refractivity (Wildman–Crippen MR) is 98.7 cm³/mol. The number of hydrogen-bond acceptors (Lipinski definition) is 2. The van der Waals surface area contributed by atoms with Gasteiger partial charge in [-0.15, -0.1) is 0 Å². The summed E-state index contributed by atoms with van der Waals surface area (Å²) < 4.78 is 26.5. The second-order valence-electron chi connectivity index (χ2n) is 6.84. The fourth-order valence-corrected chi connectivity index (χ4v) is 3.04. The Bertz CT molecular complexity index is 870. The maximum Gasteiger partial charge on any atom is 0.319 e. The number of hydrogen-bond donors (Lipinski definition) is 3. The van der Waals surface area contributed by atoms with Gasteiger partial charge in [0.1, 0.15) is 0 Å². The minimum Gasteiger partial charge on any atom is -0.352 e. The Labute approximate surface area is 156 Å². The average Bonchev–Trinajstić information content (AvgIpc) is 3.28. The van der Waals surface area contributed by atoms with Crippen molar-refractivity contribution in [2.24, 2.45) is 0 Å². The number of halogens is 2. The summed E-state index contributed by atoms with van der Waals surface area (Å²) in [6, 6.07) is 9.80. The van der Waals surface area contributed by atoms with Crippen LogP contribution in [0.5, 0.6) is 0 Å². The molecule has 1 aliphatic rings. The first kappa shape index (κ1) is 18.8. The first-order valence-electron chi connectivity index (χ1n) is 8.75. The van der Waals surface area contributed by atoms with Gasteiger partial charge in [0.15, 0.2) is 11.6 Å². The van der Waals surface area contributed by atoms with Crippen molar-refractivity contribution in [1.82, 2.24) is 10.6 Å². The van der Waals surface area contributed by atoms with Crippen LogP contribution in [0.1, 0.15) is 36.2 Å². The molecule has 5 nitrogen and oxygen atoms in total. The molecule has 142 valence electrons. The van der Waals surface area contributed by atoms with Crippen molar-refractivity contribution in [3.05, 3.63) is 65.2 Å². The zero-order valence-electron chi connectivity index (χ0n) is 15.1. The number of amides is 3. The third kappa shape index (κ3) is 4.07. The number of anilines is 1. The summed E-state index contributed by atoms with van der Waals surface area (Å²) >= 11 is 0. The lowest BCUT2D eigenvalue weighted by Crippen LogP contribution is -2.34. The van der Waals surface area contributed by atoms with Crippen LogP contribution in [-0.2, 0) is 5.41 Å². The number of benzene rings is 2. The third-order valence-electron chi connectivity index (χ3n) is 4.86. The predicted octanol–water partition coefficient (Wildman–Crippen LogP) is 3.57. The Hall–Kier alpha value is -2.96. The van der Waals surface area contributed by atoms with Gasteiger partial charge >= 0.3 is 6.03 Å². The van der Waals surface area contributed by atoms with Gasteiger partial charge in [-0.1, -0.05) is 13.0 Å². The van der Waals surface area contributed by atoms with Crippen LogP contribution >= 0.6 is 0 Å². The molecule has 1 aliphatic carbocycles. The molecule has 3 rings (SSSR count). The molecule has 27 heavy (non-hydrogen) atoms. The number of urea groups is 1. The molecule has 0 spiro atoms. The largest absolute Gasteiger partial charge is 0.352 e. The standard InChI is InChI=1S/C20H21F2N3O2/c1-3-23-18(26)12-4-7-14(8-5-12)24-19(27)25-17-11-20(17,2)13-6-9-15(21)16(22)10-13/h4-10,17H,3,11H2,1-2H3,(H,23,26)(H2,24,25,27). The van der Waals surface area contributed by atoms with Gasteiger partial charge in [0.2, 0.25) is 0 Å². The van der Waals surface area contributed by atoms with Gasteiger partial charge in [-0.2, -0.15) is 0 Å². The minimum atomic E-state index is -0.893. The van der Waals surface area contributed by atoms with Crippen molar-refractivity contribution < 1.29 is 18.4 Å². The monoisotopic (exact) mass is 373 g/mol. The molecule has 2 aromatic carbocycles. The van der Waals surface area contributed by atoms with Gasteiger partial charge in [0, 0.05) is 29.3 Å². The zero-order valence-corrected chi connectivity index (χ0v) is 15.1. The summed E-state index contributed by atoms with van der Waals surface area (Å²) in [5, 5.41) is 8.24. The van der Waals surface area contributed by atoms with Crippen molar-refractivity contribution in [2.45, 2.75) is 31.7 Å². The van der Waals surface area contributed by atoms with E-state index in [0.717, 1.165) is 6.07 Å². The van der Waals surface area contributed by atoms with Crippen LogP contribution in [-0.4, -0.2) is 24.5 Å². The minimum absolute atomic E-state index is 0.169. The number of rotatable bonds is 5. The fraction of sp³-hybridized carbons (Fsp3) is 0.300. The SMILES string of the molecule is CCNC(=O)c1ccc(NC(=O)NC2CC2(C)c2ccc(F)c(F)c2)cc1. The molecule has 0 bridgehead atoms. The second kappa shape index (κ2) is 7.34. The number of nitrogens with one attached hydrogen (secondary N) is 3. The maximum absolute atomic E-state index is 13.4. The summed E-state index contributed by atoms with van der Waals surface area (Å²) in [4.78, 5) is 23.9. The van der Waals surface area contributed by atoms with Crippen LogP contribution in [0.3, 0.4) is 0 Å². The average molecular weight is 373 g/mol. The summed E-state index contributed by atoms with van der Waals surface area (Å²) in [6.07, 6.45) is 0.640. The van der Waals surface area contributed by atoms with E-state index in [9.17, 15) is 18.4 Å². The van der Waals surface area contributed by atoms with E-state index >= 15 is 0 Å². The van der Waals surface area contributed by atoms with E-state index in [4.69, 9.17) is 0 Å². The molecule has 0 radical (unpaired) electrons. The molecule has 1 fully saturated rings. The van der Waals surface area contributed by atoms with Gasteiger partial charge in [-0.3, -0.25) is 4.79 Å². The molecule has 2 unspecified atom stereocenters. The molecule has 3 N–H and O–H groups in total. The number of carbonyl (C=O) groups excluding carboxylic acids is 2. The second-order valence-corrected chi connectivity index (χ2v) is 6.84. The maximum atomic E-state index is 13.4. The molecule has 7 heteroatoms. The third-order valence-corrected chi connectivity index (χ3v) is 4.86. The topological polar surface area (TPSA) is 70.2 Å². The Morgan fingerprint density at radius 1 is 1.11 bits per heavy atom. The molecular formula is C20H21F2N3O2. The molecule has 2 atom stereocenters. The van der Waals surface area contributed by atoms with Crippen LogP contribution < -0.4 is 16.0 Å². The van der Waals surface area contributed by atoms with E-state index in [0.29, 0.717) is 29.8 Å². The highest BCUT2D eigenvalue weighted by atomic mass is 19.2. The van der Waals surface area contributed by atoms with Gasteiger partial charge in [-0.25, -0.2) is 13.6 Å². The van der Waals surface area contributed by atoms with Gasteiger partial charge < -0.3 is 16.0 Å². The normalized spacial score (nSPS) is 20.7. The molecule has 0 heterocycles. The van der Waals surface area contributed by atoms with Crippen molar-refractivity contribution in [1.29, 1.82) is 0 Å². The number of carbonyl (C=O) groups is 2. The smallest absolute Gasteiger partial charge is 0.319 e. The van der Waals surface area contributed by atoms with Crippen LogP contribution in [0.25, 0.3) is 0 Å². The molecule has 2 aromatic rings. The Morgan fingerprint density at radius 3 is 2.44 bits per heavy atom. The van der Waals surface area contributed by atoms with Crippen LogP contribution in [0.4, 0.5) is 19.3 Å². The lowest BCUT2D eigenvalue weighted by atomic mass is 9.97. The highest BCUT2D eigenvalue weighted by molar-refractivity contribution is 5.95. The first-order chi connectivity index (χ1) is 12.8. The Balaban J connectivity index is 1.57. The van der Waals surface area contributed by atoms with Crippen LogP contribution in [0.15, 0.2) is 42.5 Å². The van der Waals surface area contributed by atoms with Crippen molar-refractivity contribution in [3.63, 3.8) is 0 Å². The van der Waals surface area contributed by atoms with E-state index in [1.807, 2.05) is 13.8 Å². The summed E-state index contributed by atoms with van der Waals surface area (Å²) in [6.45, 7) is 4.27. The van der Waals surface area contributed by atoms with Gasteiger partial charge in [-0.05, 0) is 55.3 Å². The highest BCUT2D eigenvalue weighted by Crippen LogP contribution is 2.48. The van der Waals surface area contributed by atoms with E-state index in [1.165, 1.54) is 12.1 Å². The Morgan fingerprint density at radius 2 is 1.81 bits per heavy atom. The van der Waals surface area contributed by atoms with E-state index in [1.54, 1.807) is 24.3 Å². The van der Waals surface area contributed by atoms with Gasteiger partial charge in [0.25, 0.3) is 5.91 Å². The molecule has 1 saturated carbocycles. The first-order valence-corrected chi connectivity index (χ1v) is 8.75. The highest BCUT2D eigenvalue weighted by Gasteiger charge is 2.52. The molecule has 0 aromatic heterocycles. The van der Waals surface area contributed by atoms with E-state index in [-0.39, 0.29) is 11.9 Å². The van der Waals surface area contributed by atoms with E-state index in [2.05, 4.69) is 16.0 Å². The zero-order chi connectivity index (χ0) is 19.6. The molecule has 0 saturated heterocycles. The molecule has 3 amide bonds. The molecular weight excluding hydrogens is 352 g/mol. The molecule has 0 aliphatic heterocycles. The van der Waals surface area contributed by atoms with Crippen molar-refractivity contribution in [2.75, 3.05) is 11.9 Å². The van der Waals surface area contributed by atoms with Crippen molar-refractivity contribution in [3.8, 4) is 0 Å².